The van der Waals surface area contributed by atoms with Crippen LogP contribution in [0.2, 0.25) is 5.02 Å². The van der Waals surface area contributed by atoms with Crippen molar-refractivity contribution in [3.05, 3.63) is 33.8 Å². The highest BCUT2D eigenvalue weighted by Gasteiger charge is 2.14. The van der Waals surface area contributed by atoms with Gasteiger partial charge in [0, 0.05) is 10.4 Å². The lowest BCUT2D eigenvalue weighted by Crippen LogP contribution is -2.03. The lowest BCUT2D eigenvalue weighted by Gasteiger charge is -2.05. The number of rotatable bonds is 2. The molecule has 72 valence electrons. The lowest BCUT2D eigenvalue weighted by molar-refractivity contribution is 0.0696. The van der Waals surface area contributed by atoms with Gasteiger partial charge in [0.15, 0.2) is 0 Å². The van der Waals surface area contributed by atoms with Gasteiger partial charge >= 0.3 is 5.97 Å². The van der Waals surface area contributed by atoms with Gasteiger partial charge in [0.2, 0.25) is 0 Å². The summed E-state index contributed by atoms with van der Waals surface area (Å²) in [5.41, 5.74) is 0.794. The van der Waals surface area contributed by atoms with Crippen LogP contribution in [0.4, 0.5) is 0 Å². The molecule has 1 rings (SSSR count). The number of hydrogen-bond acceptors (Lipinski definition) is 2. The fourth-order valence-electron chi connectivity index (χ4n) is 1.07. The minimum Gasteiger partial charge on any atom is -0.478 e. The molecule has 0 unspecified atom stereocenters. The van der Waals surface area contributed by atoms with Gasteiger partial charge in [0.1, 0.15) is 0 Å². The van der Waals surface area contributed by atoms with Gasteiger partial charge in [0.05, 0.1) is 17.2 Å². The number of alkyl halides is 1. The van der Waals surface area contributed by atoms with Gasteiger partial charge in [-0.15, -0.1) is 0 Å². The molecule has 1 aromatic rings. The first-order chi connectivity index (χ1) is 6.60. The first-order valence-corrected chi connectivity index (χ1v) is 5.12. The zero-order chi connectivity index (χ0) is 10.7. The fraction of sp³-hybridized carbons (Fsp3) is 0.111. The molecular weight excluding hydrogens is 269 g/mol. The lowest BCUT2D eigenvalue weighted by atomic mass is 10.0. The maximum atomic E-state index is 10.8. The smallest absolute Gasteiger partial charge is 0.336 e. The molecule has 0 heterocycles. The monoisotopic (exact) mass is 273 g/mol. The molecule has 0 aliphatic rings. The molecule has 1 N–H and O–H groups in total. The molecule has 0 fully saturated rings. The second-order valence-corrected chi connectivity index (χ2v) is 3.53. The Balaban J connectivity index is 3.49. The third-order valence-corrected chi connectivity index (χ3v) is 2.48. The number of nitrogens with zero attached hydrogens (tertiary/aromatic N) is 1. The van der Waals surface area contributed by atoms with Crippen LogP contribution in [0.5, 0.6) is 0 Å². The number of carboxylic acids is 1. The number of aromatic carboxylic acids is 1. The number of benzene rings is 1. The van der Waals surface area contributed by atoms with Gasteiger partial charge in [-0.1, -0.05) is 27.5 Å². The molecule has 0 saturated heterocycles. The van der Waals surface area contributed by atoms with E-state index < -0.39 is 5.97 Å². The Hall–Kier alpha value is -1.05. The number of nitriles is 1. The van der Waals surface area contributed by atoms with Crippen LogP contribution in [0.25, 0.3) is 0 Å². The average molecular weight is 275 g/mol. The van der Waals surface area contributed by atoms with Crippen LogP contribution in [0.3, 0.4) is 0 Å². The summed E-state index contributed by atoms with van der Waals surface area (Å²) in [5.74, 6) is -1.08. The minimum absolute atomic E-state index is 0.0610. The Bertz CT molecular complexity index is 426. The zero-order valence-corrected chi connectivity index (χ0v) is 9.26. The third-order valence-electron chi connectivity index (χ3n) is 1.70. The molecule has 14 heavy (non-hydrogen) atoms. The van der Waals surface area contributed by atoms with Crippen molar-refractivity contribution in [2.24, 2.45) is 0 Å². The molecule has 0 bridgehead atoms. The Labute approximate surface area is 94.0 Å². The molecule has 5 heteroatoms. The summed E-state index contributed by atoms with van der Waals surface area (Å²) >= 11 is 8.81. The fourth-order valence-corrected chi connectivity index (χ4v) is 1.89. The summed E-state index contributed by atoms with van der Waals surface area (Å²) in [6.45, 7) is 0. The summed E-state index contributed by atoms with van der Waals surface area (Å²) in [6, 6.07) is 4.69. The largest absolute Gasteiger partial charge is 0.478 e. The molecule has 0 radical (unpaired) electrons. The second-order valence-electron chi connectivity index (χ2n) is 2.53. The molecule has 3 nitrogen and oxygen atoms in total. The van der Waals surface area contributed by atoms with Gasteiger partial charge in [-0.05, 0) is 17.7 Å². The molecule has 0 atom stereocenters. The predicted molar refractivity (Wildman–Crippen MR) is 55.8 cm³/mol. The second kappa shape index (κ2) is 4.45. The van der Waals surface area contributed by atoms with Crippen molar-refractivity contribution in [2.75, 3.05) is 0 Å². The molecule has 0 aliphatic carbocycles. The van der Waals surface area contributed by atoms with Gasteiger partial charge in [-0.3, -0.25) is 0 Å². The van der Waals surface area contributed by atoms with E-state index in [1.165, 1.54) is 12.1 Å². The van der Waals surface area contributed by atoms with E-state index in [4.69, 9.17) is 22.0 Å². The number of halogens is 2. The molecule has 1 aromatic carbocycles. The van der Waals surface area contributed by atoms with Crippen molar-refractivity contribution in [2.45, 2.75) is 5.33 Å². The van der Waals surface area contributed by atoms with E-state index in [9.17, 15) is 4.79 Å². The molecule has 0 spiro atoms. The first-order valence-electron chi connectivity index (χ1n) is 3.62. The molecule has 0 aliphatic heterocycles. The van der Waals surface area contributed by atoms with E-state index in [1.807, 2.05) is 6.07 Å². The topological polar surface area (TPSA) is 61.1 Å². The highest BCUT2D eigenvalue weighted by Crippen LogP contribution is 2.22. The van der Waals surface area contributed by atoms with E-state index >= 15 is 0 Å². The highest BCUT2D eigenvalue weighted by atomic mass is 79.9. The van der Waals surface area contributed by atoms with Gasteiger partial charge in [-0.2, -0.15) is 5.26 Å². The molecule has 0 amide bonds. The third kappa shape index (κ3) is 2.06. The molecule has 0 saturated carbocycles. The van der Waals surface area contributed by atoms with Crippen molar-refractivity contribution >= 4 is 33.5 Å². The molecular formula is C9H5BrClNO2. The summed E-state index contributed by atoms with van der Waals surface area (Å²) < 4.78 is 0. The summed E-state index contributed by atoms with van der Waals surface area (Å²) in [7, 11) is 0. The average Bonchev–Trinajstić information content (AvgIpc) is 2.16. The number of hydrogen-bond donors (Lipinski definition) is 1. The zero-order valence-electron chi connectivity index (χ0n) is 6.92. The summed E-state index contributed by atoms with van der Waals surface area (Å²) in [4.78, 5) is 10.8. The normalized spacial score (nSPS) is 9.50. The Morgan fingerprint density at radius 1 is 1.64 bits per heavy atom. The van der Waals surface area contributed by atoms with Crippen molar-refractivity contribution in [3.63, 3.8) is 0 Å². The maximum Gasteiger partial charge on any atom is 0.336 e. The van der Waals surface area contributed by atoms with Gasteiger partial charge in [0.25, 0.3) is 0 Å². The highest BCUT2D eigenvalue weighted by molar-refractivity contribution is 9.08. The van der Waals surface area contributed by atoms with Crippen LogP contribution in [0.15, 0.2) is 12.1 Å². The molecule has 0 aromatic heterocycles. The van der Waals surface area contributed by atoms with E-state index in [0.29, 0.717) is 10.9 Å². The summed E-state index contributed by atoms with van der Waals surface area (Å²) in [6.07, 6.45) is 0. The summed E-state index contributed by atoms with van der Waals surface area (Å²) in [5, 5.41) is 18.2. The van der Waals surface area contributed by atoms with Crippen molar-refractivity contribution < 1.29 is 9.90 Å². The Morgan fingerprint density at radius 2 is 2.29 bits per heavy atom. The Kier molecular flexibility index (Phi) is 3.50. The van der Waals surface area contributed by atoms with E-state index in [0.717, 1.165) is 0 Å². The van der Waals surface area contributed by atoms with E-state index in [1.54, 1.807) is 0 Å². The van der Waals surface area contributed by atoms with Crippen LogP contribution in [0, 0.1) is 11.3 Å². The quantitative estimate of drug-likeness (QED) is 0.844. The SMILES string of the molecule is N#Cc1cc(Cl)cc(C(=O)O)c1CBr. The van der Waals surface area contributed by atoms with Crippen molar-refractivity contribution in [1.82, 2.24) is 0 Å². The van der Waals surface area contributed by atoms with Crippen LogP contribution >= 0.6 is 27.5 Å². The number of carboxylic acid groups (broad SMARTS) is 1. The van der Waals surface area contributed by atoms with Crippen LogP contribution in [-0.2, 0) is 5.33 Å². The van der Waals surface area contributed by atoms with E-state index in [2.05, 4.69) is 15.9 Å². The van der Waals surface area contributed by atoms with Crippen molar-refractivity contribution in [3.8, 4) is 6.07 Å². The Morgan fingerprint density at radius 3 is 2.71 bits per heavy atom. The van der Waals surface area contributed by atoms with Crippen LogP contribution < -0.4 is 0 Å². The first kappa shape index (κ1) is 11.0. The van der Waals surface area contributed by atoms with Crippen LogP contribution in [-0.4, -0.2) is 11.1 Å². The predicted octanol–water partition coefficient (Wildman–Crippen LogP) is 2.80. The van der Waals surface area contributed by atoms with Gasteiger partial charge < -0.3 is 5.11 Å². The standard InChI is InChI=1S/C9H5BrClNO2/c10-3-8-5(4-12)1-6(11)2-7(8)9(13)14/h1-2H,3H2,(H,13,14). The number of carbonyl (C=O) groups is 1. The van der Waals surface area contributed by atoms with Crippen LogP contribution in [0.1, 0.15) is 21.5 Å². The minimum atomic E-state index is -1.08. The maximum absolute atomic E-state index is 10.8. The van der Waals surface area contributed by atoms with Gasteiger partial charge in [-0.25, -0.2) is 4.79 Å². The van der Waals surface area contributed by atoms with Crippen molar-refractivity contribution in [1.29, 1.82) is 5.26 Å². The van der Waals surface area contributed by atoms with E-state index in [-0.39, 0.29) is 16.1 Å².